The molecule has 3 N–H and O–H groups in total. The lowest BCUT2D eigenvalue weighted by Crippen LogP contribution is -2.51. The van der Waals surface area contributed by atoms with E-state index in [9.17, 15) is 4.79 Å². The number of carbonyl (C=O) groups excluding carboxylic acids is 1. The number of hydrogen-bond donors (Lipinski definition) is 3. The number of hydrogen-bond acceptors (Lipinski definition) is 6. The second-order valence-electron chi connectivity index (χ2n) is 9.51. The van der Waals surface area contributed by atoms with E-state index in [0.717, 1.165) is 43.1 Å². The lowest BCUT2D eigenvalue weighted by molar-refractivity contribution is -0.122. The molecule has 0 radical (unpaired) electrons. The van der Waals surface area contributed by atoms with Crippen molar-refractivity contribution in [3.63, 3.8) is 0 Å². The van der Waals surface area contributed by atoms with Gasteiger partial charge in [-0.1, -0.05) is 24.6 Å². The Morgan fingerprint density at radius 3 is 2.54 bits per heavy atom. The Bertz CT molecular complexity index is 999. The van der Waals surface area contributed by atoms with Gasteiger partial charge in [0.25, 0.3) is 0 Å². The number of anilines is 2. The van der Waals surface area contributed by atoms with E-state index in [2.05, 4.69) is 74.5 Å². The lowest BCUT2D eigenvalue weighted by atomic mass is 10.1. The van der Waals surface area contributed by atoms with E-state index in [-0.39, 0.29) is 11.9 Å². The number of piperidine rings is 1. The Morgan fingerprint density at radius 2 is 1.91 bits per heavy atom. The van der Waals surface area contributed by atoms with Crippen molar-refractivity contribution in [3.05, 3.63) is 65.9 Å². The summed E-state index contributed by atoms with van der Waals surface area (Å²) in [6.07, 6.45) is 7.90. The molecule has 188 valence electrons. The summed E-state index contributed by atoms with van der Waals surface area (Å²) in [5.41, 5.74) is 4.46. The van der Waals surface area contributed by atoms with Crippen LogP contribution in [0.4, 0.5) is 11.4 Å². The highest BCUT2D eigenvalue weighted by Gasteiger charge is 2.22. The first-order chi connectivity index (χ1) is 17.0. The molecule has 2 fully saturated rings. The first-order valence-electron chi connectivity index (χ1n) is 12.8. The van der Waals surface area contributed by atoms with Gasteiger partial charge in [0.2, 0.25) is 5.91 Å². The highest BCUT2D eigenvalue weighted by atomic mass is 32.2. The normalized spacial score (nSPS) is 17.7. The molecule has 4 rings (SSSR count). The molecule has 7 heteroatoms. The molecule has 0 aromatic heterocycles. The maximum Gasteiger partial charge on any atom is 0.243 e. The summed E-state index contributed by atoms with van der Waals surface area (Å²) < 4.78 is 2.46. The largest absolute Gasteiger partial charge is 0.380 e. The van der Waals surface area contributed by atoms with Gasteiger partial charge in [-0.3, -0.25) is 4.79 Å². The lowest BCUT2D eigenvalue weighted by Gasteiger charge is -2.29. The minimum absolute atomic E-state index is 0.0111. The number of rotatable bonds is 10. The average molecular weight is 494 g/mol. The van der Waals surface area contributed by atoms with Crippen LogP contribution in [0.25, 0.3) is 0 Å². The van der Waals surface area contributed by atoms with Crippen LogP contribution in [-0.2, 0) is 11.3 Å². The number of allylic oxidation sites excluding steroid dienone is 1. The first kappa shape index (κ1) is 25.6. The molecular formula is C28H39N5OS. The standard InChI is InChI=1S/C28H39N5OS/c1-4-14-33(27-13-12-26(17-21(27)2)35-32-15-6-5-7-16-32)22(3)28(34)30-18-23-8-10-24(11-9-23)31-25-19-29-20-25/h4,8-14,17,22,25,29,31H,5-7,15-16,18-20H2,1-3H3,(H,30,34)/b14-4+. The Hall–Kier alpha value is -2.48. The third-order valence-electron chi connectivity index (χ3n) is 6.68. The monoisotopic (exact) mass is 493 g/mol. The van der Waals surface area contributed by atoms with Crippen molar-refractivity contribution < 1.29 is 4.79 Å². The molecule has 35 heavy (non-hydrogen) atoms. The fourth-order valence-electron chi connectivity index (χ4n) is 4.47. The predicted octanol–water partition coefficient (Wildman–Crippen LogP) is 4.92. The van der Waals surface area contributed by atoms with E-state index in [1.54, 1.807) is 0 Å². The summed E-state index contributed by atoms with van der Waals surface area (Å²) in [4.78, 5) is 16.4. The smallest absolute Gasteiger partial charge is 0.243 e. The van der Waals surface area contributed by atoms with Crippen LogP contribution in [-0.4, -0.2) is 48.5 Å². The van der Waals surface area contributed by atoms with Crippen molar-refractivity contribution in [3.8, 4) is 0 Å². The van der Waals surface area contributed by atoms with E-state index < -0.39 is 0 Å². The molecule has 0 bridgehead atoms. The molecule has 2 aromatic carbocycles. The fraction of sp³-hybridized carbons (Fsp3) is 0.464. The zero-order chi connectivity index (χ0) is 24.6. The van der Waals surface area contributed by atoms with Gasteiger partial charge < -0.3 is 20.9 Å². The molecule has 6 nitrogen and oxygen atoms in total. The Kier molecular flexibility index (Phi) is 9.12. The van der Waals surface area contributed by atoms with Crippen molar-refractivity contribution >= 4 is 29.2 Å². The van der Waals surface area contributed by atoms with Gasteiger partial charge in [-0.15, -0.1) is 0 Å². The first-order valence-corrected chi connectivity index (χ1v) is 13.6. The van der Waals surface area contributed by atoms with Crippen LogP contribution >= 0.6 is 11.9 Å². The molecule has 1 unspecified atom stereocenters. The number of aryl methyl sites for hydroxylation is 1. The minimum Gasteiger partial charge on any atom is -0.380 e. The van der Waals surface area contributed by atoms with Crippen LogP contribution in [0.1, 0.15) is 44.2 Å². The summed E-state index contributed by atoms with van der Waals surface area (Å²) in [6, 6.07) is 15.1. The van der Waals surface area contributed by atoms with Crippen molar-refractivity contribution in [2.24, 2.45) is 0 Å². The molecule has 2 aromatic rings. The molecule has 2 heterocycles. The summed E-state index contributed by atoms with van der Waals surface area (Å²) in [5.74, 6) is 0.0111. The van der Waals surface area contributed by atoms with Gasteiger partial charge in [-0.25, -0.2) is 4.31 Å². The molecule has 1 amide bonds. The van der Waals surface area contributed by atoms with E-state index in [0.29, 0.717) is 12.6 Å². The van der Waals surface area contributed by atoms with E-state index >= 15 is 0 Å². The quantitative estimate of drug-likeness (QED) is 0.409. The zero-order valence-corrected chi connectivity index (χ0v) is 22.0. The van der Waals surface area contributed by atoms with Crippen LogP contribution in [0.2, 0.25) is 0 Å². The Labute approximate surface area is 214 Å². The molecule has 2 saturated heterocycles. The summed E-state index contributed by atoms with van der Waals surface area (Å²) >= 11 is 1.85. The van der Waals surface area contributed by atoms with Gasteiger partial charge in [0.15, 0.2) is 0 Å². The molecule has 1 atom stereocenters. The molecule has 2 aliphatic heterocycles. The number of nitrogens with zero attached hydrogens (tertiary/aromatic N) is 2. The van der Waals surface area contributed by atoms with Crippen molar-refractivity contribution in [1.29, 1.82) is 0 Å². The molecule has 0 aliphatic carbocycles. The Balaban J connectivity index is 1.35. The second-order valence-corrected chi connectivity index (χ2v) is 10.7. The third kappa shape index (κ3) is 7.03. The van der Waals surface area contributed by atoms with Gasteiger partial charge in [0.1, 0.15) is 6.04 Å². The summed E-state index contributed by atoms with van der Waals surface area (Å²) in [6.45, 7) is 10.9. The second kappa shape index (κ2) is 12.5. The number of amides is 1. The SMILES string of the molecule is C/C=C/N(c1ccc(SN2CCCCC2)cc1C)C(C)C(=O)NCc1ccc(NC2CNC2)cc1. The molecule has 2 aliphatic rings. The summed E-state index contributed by atoms with van der Waals surface area (Å²) in [5, 5.41) is 9.89. The van der Waals surface area contributed by atoms with Gasteiger partial charge in [-0.2, -0.15) is 0 Å². The molecule has 0 saturated carbocycles. The van der Waals surface area contributed by atoms with Crippen LogP contribution in [0, 0.1) is 6.92 Å². The average Bonchev–Trinajstić information content (AvgIpc) is 2.85. The van der Waals surface area contributed by atoms with Crippen molar-refractivity contribution in [1.82, 2.24) is 14.9 Å². The van der Waals surface area contributed by atoms with Crippen LogP contribution in [0.3, 0.4) is 0 Å². The third-order valence-corrected chi connectivity index (χ3v) is 7.76. The van der Waals surface area contributed by atoms with Gasteiger partial charge in [0.05, 0.1) is 6.04 Å². The van der Waals surface area contributed by atoms with E-state index in [1.165, 1.54) is 29.7 Å². The predicted molar refractivity (Wildman–Crippen MR) is 148 cm³/mol. The topological polar surface area (TPSA) is 59.6 Å². The molecular weight excluding hydrogens is 454 g/mol. The van der Waals surface area contributed by atoms with Gasteiger partial charge in [-0.05, 0) is 87.0 Å². The maximum absolute atomic E-state index is 13.1. The number of nitrogens with one attached hydrogen (secondary N) is 3. The Morgan fingerprint density at radius 1 is 1.17 bits per heavy atom. The van der Waals surface area contributed by atoms with Crippen molar-refractivity contribution in [2.45, 2.75) is 63.6 Å². The van der Waals surface area contributed by atoms with Gasteiger partial charge >= 0.3 is 0 Å². The fourth-order valence-corrected chi connectivity index (χ4v) is 5.56. The summed E-state index contributed by atoms with van der Waals surface area (Å²) in [7, 11) is 0. The minimum atomic E-state index is -0.322. The maximum atomic E-state index is 13.1. The zero-order valence-electron chi connectivity index (χ0n) is 21.2. The highest BCUT2D eigenvalue weighted by molar-refractivity contribution is 7.97. The van der Waals surface area contributed by atoms with Gasteiger partial charge in [0, 0.05) is 55.2 Å². The van der Waals surface area contributed by atoms with E-state index in [1.807, 2.05) is 38.1 Å². The number of carbonyl (C=O) groups is 1. The molecule has 0 spiro atoms. The van der Waals surface area contributed by atoms with Crippen molar-refractivity contribution in [2.75, 3.05) is 36.4 Å². The van der Waals surface area contributed by atoms with Crippen LogP contribution < -0.4 is 20.9 Å². The number of benzene rings is 2. The van der Waals surface area contributed by atoms with E-state index in [4.69, 9.17) is 0 Å². The highest BCUT2D eigenvalue weighted by Crippen LogP contribution is 2.31. The van der Waals surface area contributed by atoms with Crippen LogP contribution in [0.5, 0.6) is 0 Å². The van der Waals surface area contributed by atoms with Crippen LogP contribution in [0.15, 0.2) is 59.6 Å².